The second-order valence-corrected chi connectivity index (χ2v) is 16.9. The lowest BCUT2D eigenvalue weighted by Crippen LogP contribution is -2.45. The van der Waals surface area contributed by atoms with E-state index in [1.54, 1.807) is 0 Å². The van der Waals surface area contributed by atoms with Crippen LogP contribution in [-0.2, 0) is 4.79 Å². The maximum absolute atomic E-state index is 12.4. The number of nitrogens with one attached hydrogen (secondary N) is 1. The Hall–Kier alpha value is -0.610. The summed E-state index contributed by atoms with van der Waals surface area (Å²) in [5.41, 5.74) is 0. The fraction of sp³-hybridized carbons (Fsp3) is 0.979. The summed E-state index contributed by atoms with van der Waals surface area (Å²) in [5, 5.41) is 23.2. The van der Waals surface area contributed by atoms with E-state index < -0.39 is 12.1 Å². The van der Waals surface area contributed by atoms with Crippen LogP contribution in [0, 0.1) is 0 Å². The Morgan fingerprint density at radius 1 is 0.385 bits per heavy atom. The topological polar surface area (TPSA) is 69.6 Å². The molecule has 4 nitrogen and oxygen atoms in total. The van der Waals surface area contributed by atoms with E-state index >= 15 is 0 Å². The van der Waals surface area contributed by atoms with Crippen molar-refractivity contribution < 1.29 is 15.0 Å². The van der Waals surface area contributed by atoms with Crippen LogP contribution in [0.5, 0.6) is 0 Å². The van der Waals surface area contributed by atoms with Gasteiger partial charge in [0.05, 0.1) is 18.8 Å². The van der Waals surface area contributed by atoms with Gasteiger partial charge in [-0.3, -0.25) is 4.79 Å². The molecular formula is C48H97NO3. The number of aliphatic hydroxyl groups excluding tert-OH is 2. The molecule has 0 fully saturated rings. The monoisotopic (exact) mass is 736 g/mol. The van der Waals surface area contributed by atoms with Gasteiger partial charge in [-0.15, -0.1) is 0 Å². The van der Waals surface area contributed by atoms with Crippen LogP contribution in [-0.4, -0.2) is 34.9 Å². The molecule has 2 unspecified atom stereocenters. The fourth-order valence-corrected chi connectivity index (χ4v) is 7.89. The van der Waals surface area contributed by atoms with E-state index in [0.29, 0.717) is 12.8 Å². The number of amides is 1. The number of aliphatic hydroxyl groups is 2. The molecule has 4 heteroatoms. The molecule has 0 aromatic heterocycles. The second-order valence-electron chi connectivity index (χ2n) is 16.9. The first-order valence-corrected chi connectivity index (χ1v) is 24.2. The summed E-state index contributed by atoms with van der Waals surface area (Å²) in [7, 11) is 0. The minimum absolute atomic E-state index is 0.0240. The van der Waals surface area contributed by atoms with Gasteiger partial charge >= 0.3 is 0 Å². The summed E-state index contributed by atoms with van der Waals surface area (Å²) >= 11 is 0. The number of hydrogen-bond acceptors (Lipinski definition) is 3. The van der Waals surface area contributed by atoms with Crippen molar-refractivity contribution >= 4 is 5.91 Å². The molecule has 0 aliphatic rings. The van der Waals surface area contributed by atoms with Gasteiger partial charge in [-0.1, -0.05) is 264 Å². The van der Waals surface area contributed by atoms with Crippen molar-refractivity contribution in [3.63, 3.8) is 0 Å². The number of carbonyl (C=O) groups excluding carboxylic acids is 1. The zero-order chi connectivity index (χ0) is 37.8. The molecule has 0 saturated heterocycles. The molecule has 0 radical (unpaired) electrons. The van der Waals surface area contributed by atoms with E-state index in [4.69, 9.17) is 0 Å². The second kappa shape index (κ2) is 44.8. The maximum atomic E-state index is 12.4. The van der Waals surface area contributed by atoms with Crippen LogP contribution in [0.15, 0.2) is 0 Å². The summed E-state index contributed by atoms with van der Waals surface area (Å²) in [4.78, 5) is 12.4. The average molecular weight is 736 g/mol. The van der Waals surface area contributed by atoms with Crippen LogP contribution in [0.1, 0.15) is 284 Å². The van der Waals surface area contributed by atoms with Gasteiger partial charge in [0.1, 0.15) is 0 Å². The maximum Gasteiger partial charge on any atom is 0.220 e. The zero-order valence-corrected chi connectivity index (χ0v) is 35.9. The Labute approximate surface area is 327 Å². The first kappa shape index (κ1) is 51.4. The number of rotatable bonds is 45. The molecule has 0 bridgehead atoms. The molecular weight excluding hydrogens is 639 g/mol. The largest absolute Gasteiger partial charge is 0.394 e. The molecule has 0 aliphatic heterocycles. The van der Waals surface area contributed by atoms with Crippen molar-refractivity contribution in [2.24, 2.45) is 0 Å². The zero-order valence-electron chi connectivity index (χ0n) is 35.9. The summed E-state index contributed by atoms with van der Waals surface area (Å²) in [5.74, 6) is -0.0240. The van der Waals surface area contributed by atoms with E-state index in [2.05, 4.69) is 19.2 Å². The van der Waals surface area contributed by atoms with Gasteiger partial charge in [-0.05, 0) is 12.8 Å². The van der Waals surface area contributed by atoms with E-state index in [1.807, 2.05) is 0 Å². The van der Waals surface area contributed by atoms with Crippen molar-refractivity contribution in [3.8, 4) is 0 Å². The van der Waals surface area contributed by atoms with Crippen LogP contribution >= 0.6 is 0 Å². The SMILES string of the molecule is CCCCCCCCCCCCCCCCCCCCCCCC(=O)NC(CO)C(O)CCCCCCCCCCCCCCCCCCCCC. The highest BCUT2D eigenvalue weighted by Gasteiger charge is 2.20. The number of unbranched alkanes of at least 4 members (excludes halogenated alkanes) is 38. The van der Waals surface area contributed by atoms with Crippen molar-refractivity contribution in [1.29, 1.82) is 0 Å². The molecule has 0 spiro atoms. The van der Waals surface area contributed by atoms with E-state index in [9.17, 15) is 15.0 Å². The molecule has 0 heterocycles. The van der Waals surface area contributed by atoms with Crippen LogP contribution < -0.4 is 5.32 Å². The Kier molecular flexibility index (Phi) is 44.3. The van der Waals surface area contributed by atoms with E-state index in [-0.39, 0.29) is 12.5 Å². The highest BCUT2D eigenvalue weighted by molar-refractivity contribution is 5.76. The quantitative estimate of drug-likeness (QED) is 0.0545. The molecule has 0 saturated carbocycles. The Morgan fingerprint density at radius 3 is 0.865 bits per heavy atom. The summed E-state index contributed by atoms with van der Waals surface area (Å²) in [6, 6.07) is -0.530. The predicted molar refractivity (Wildman–Crippen MR) is 230 cm³/mol. The molecule has 2 atom stereocenters. The third kappa shape index (κ3) is 40.6. The van der Waals surface area contributed by atoms with Crippen LogP contribution in [0.25, 0.3) is 0 Å². The molecule has 1 amide bonds. The molecule has 0 aromatic carbocycles. The van der Waals surface area contributed by atoms with Gasteiger partial charge in [0.25, 0.3) is 0 Å². The summed E-state index contributed by atoms with van der Waals surface area (Å²) < 4.78 is 0. The van der Waals surface area contributed by atoms with Crippen molar-refractivity contribution in [3.05, 3.63) is 0 Å². The van der Waals surface area contributed by atoms with Crippen molar-refractivity contribution in [2.45, 2.75) is 296 Å². The Bertz CT molecular complexity index is 670. The lowest BCUT2D eigenvalue weighted by atomic mass is 10.0. The third-order valence-corrected chi connectivity index (χ3v) is 11.6. The van der Waals surface area contributed by atoms with E-state index in [1.165, 1.54) is 231 Å². The normalized spacial score (nSPS) is 12.8. The standard InChI is InChI=1S/C48H97NO3/c1-3-5-7-9-11-13-15-17-19-21-23-24-26-28-30-32-34-36-38-40-42-44-48(52)49-46(45-50)47(51)43-41-39-37-35-33-31-29-27-25-22-20-18-16-14-12-10-8-6-4-2/h46-47,50-51H,3-45H2,1-2H3,(H,49,52). The molecule has 0 aliphatic carbocycles. The summed E-state index contributed by atoms with van der Waals surface area (Å²) in [6.07, 6.45) is 54.8. The average Bonchev–Trinajstić information content (AvgIpc) is 3.15. The van der Waals surface area contributed by atoms with Crippen molar-refractivity contribution in [2.75, 3.05) is 6.61 Å². The number of carbonyl (C=O) groups is 1. The predicted octanol–water partition coefficient (Wildman–Crippen LogP) is 15.2. The molecule has 0 rings (SSSR count). The summed E-state index contributed by atoms with van der Waals surface area (Å²) in [6.45, 7) is 4.39. The van der Waals surface area contributed by atoms with Gasteiger partial charge in [0, 0.05) is 6.42 Å². The molecule has 3 N–H and O–H groups in total. The molecule has 0 aromatic rings. The van der Waals surface area contributed by atoms with Crippen LogP contribution in [0.4, 0.5) is 0 Å². The van der Waals surface area contributed by atoms with Gasteiger partial charge in [0.15, 0.2) is 0 Å². The Morgan fingerprint density at radius 2 is 0.615 bits per heavy atom. The number of hydrogen-bond donors (Lipinski definition) is 3. The third-order valence-electron chi connectivity index (χ3n) is 11.6. The first-order chi connectivity index (χ1) is 25.7. The van der Waals surface area contributed by atoms with Gasteiger partial charge in [-0.25, -0.2) is 0 Å². The smallest absolute Gasteiger partial charge is 0.220 e. The van der Waals surface area contributed by atoms with Gasteiger partial charge < -0.3 is 15.5 Å². The lowest BCUT2D eigenvalue weighted by Gasteiger charge is -2.22. The van der Waals surface area contributed by atoms with E-state index in [0.717, 1.165) is 25.7 Å². The van der Waals surface area contributed by atoms with Gasteiger partial charge in [0.2, 0.25) is 5.91 Å². The Balaban J connectivity index is 3.44. The molecule has 52 heavy (non-hydrogen) atoms. The highest BCUT2D eigenvalue weighted by Crippen LogP contribution is 2.17. The highest BCUT2D eigenvalue weighted by atomic mass is 16.3. The first-order valence-electron chi connectivity index (χ1n) is 24.2. The van der Waals surface area contributed by atoms with Crippen molar-refractivity contribution in [1.82, 2.24) is 5.32 Å². The molecule has 312 valence electrons. The fourth-order valence-electron chi connectivity index (χ4n) is 7.89. The minimum atomic E-state index is -0.653. The lowest BCUT2D eigenvalue weighted by molar-refractivity contribution is -0.123. The minimum Gasteiger partial charge on any atom is -0.394 e. The van der Waals surface area contributed by atoms with Gasteiger partial charge in [-0.2, -0.15) is 0 Å². The van der Waals surface area contributed by atoms with Crippen LogP contribution in [0.2, 0.25) is 0 Å². The van der Waals surface area contributed by atoms with Crippen LogP contribution in [0.3, 0.4) is 0 Å².